The predicted octanol–water partition coefficient (Wildman–Crippen LogP) is 2.83. The highest BCUT2D eigenvalue weighted by atomic mass is 16.1. The number of hydrogen-bond donors (Lipinski definition) is 0. The minimum atomic E-state index is 0.595. The van der Waals surface area contributed by atoms with Crippen LogP contribution in [0.2, 0.25) is 0 Å². The molecule has 1 aromatic carbocycles. The molecule has 0 radical (unpaired) electrons. The first-order valence-electron chi connectivity index (χ1n) is 5.32. The normalized spacial score (nSPS) is 10.0. The van der Waals surface area contributed by atoms with E-state index < -0.39 is 0 Å². The Balaban J connectivity index is 3.31. The first kappa shape index (κ1) is 11.6. The molecule has 0 unspecified atom stereocenters. The molecule has 0 N–H and O–H groups in total. The Morgan fingerprint density at radius 1 is 1.13 bits per heavy atom. The number of hydrogen-bond acceptors (Lipinski definition) is 2. The minimum absolute atomic E-state index is 0.595. The molecule has 0 aliphatic carbocycles. The average Bonchev–Trinajstić information content (AvgIpc) is 2.28. The smallest absolute Gasteiger partial charge is 0.150 e. The summed E-state index contributed by atoms with van der Waals surface area (Å²) >= 11 is 0. The van der Waals surface area contributed by atoms with Gasteiger partial charge in [-0.05, 0) is 36.1 Å². The Hall–Kier alpha value is -1.44. The lowest BCUT2D eigenvalue weighted by Gasteiger charge is -2.10. The van der Waals surface area contributed by atoms with Crippen molar-refractivity contribution in [3.63, 3.8) is 0 Å². The number of aryl methyl sites for hydroxylation is 1. The molecule has 80 valence electrons. The van der Waals surface area contributed by atoms with Gasteiger partial charge in [0, 0.05) is 11.1 Å². The molecular weight excluding hydrogens is 188 g/mol. The minimum Gasteiger partial charge on any atom is -0.298 e. The molecular formula is C13H16O2. The summed E-state index contributed by atoms with van der Waals surface area (Å²) in [4.78, 5) is 21.6. The van der Waals surface area contributed by atoms with Crippen molar-refractivity contribution in [2.24, 2.45) is 0 Å². The zero-order valence-electron chi connectivity index (χ0n) is 9.25. The van der Waals surface area contributed by atoms with Gasteiger partial charge >= 0.3 is 0 Å². The fourth-order valence-electron chi connectivity index (χ4n) is 1.88. The lowest BCUT2D eigenvalue weighted by molar-refractivity contribution is 0.112. The molecule has 0 fully saturated rings. The maximum absolute atomic E-state index is 10.9. The Morgan fingerprint density at radius 3 is 2.33 bits per heavy atom. The SMILES string of the molecule is CCCc1cc(C=O)cc(C=O)c1CC. The van der Waals surface area contributed by atoms with Crippen LogP contribution in [-0.2, 0) is 12.8 Å². The number of carbonyl (C=O) groups is 2. The summed E-state index contributed by atoms with van der Waals surface area (Å²) in [5, 5.41) is 0. The van der Waals surface area contributed by atoms with Crippen molar-refractivity contribution in [2.75, 3.05) is 0 Å². The highest BCUT2D eigenvalue weighted by Gasteiger charge is 2.08. The number of benzene rings is 1. The van der Waals surface area contributed by atoms with Crippen LogP contribution in [0.25, 0.3) is 0 Å². The van der Waals surface area contributed by atoms with Crippen LogP contribution < -0.4 is 0 Å². The van der Waals surface area contributed by atoms with Crippen LogP contribution in [0, 0.1) is 0 Å². The maximum Gasteiger partial charge on any atom is 0.150 e. The first-order chi connectivity index (χ1) is 7.26. The molecule has 0 spiro atoms. The summed E-state index contributed by atoms with van der Waals surface area (Å²) in [7, 11) is 0. The van der Waals surface area contributed by atoms with Crippen LogP contribution in [0.15, 0.2) is 12.1 Å². The van der Waals surface area contributed by atoms with E-state index in [4.69, 9.17) is 0 Å². The van der Waals surface area contributed by atoms with Gasteiger partial charge < -0.3 is 0 Å². The molecule has 0 heterocycles. The van der Waals surface area contributed by atoms with Crippen molar-refractivity contribution in [2.45, 2.75) is 33.1 Å². The third kappa shape index (κ3) is 2.52. The molecule has 0 aromatic heterocycles. The Kier molecular flexibility index (Phi) is 4.22. The van der Waals surface area contributed by atoms with Crippen molar-refractivity contribution >= 4 is 12.6 Å². The summed E-state index contributed by atoms with van der Waals surface area (Å²) in [5.41, 5.74) is 3.47. The van der Waals surface area contributed by atoms with Crippen LogP contribution in [0.1, 0.15) is 52.1 Å². The second-order valence-corrected chi connectivity index (χ2v) is 3.59. The summed E-state index contributed by atoms with van der Waals surface area (Å²) in [6.45, 7) is 4.12. The third-order valence-electron chi connectivity index (χ3n) is 2.54. The van der Waals surface area contributed by atoms with E-state index in [1.54, 1.807) is 6.07 Å². The zero-order chi connectivity index (χ0) is 11.3. The Labute approximate surface area is 90.3 Å². The molecule has 15 heavy (non-hydrogen) atoms. The van der Waals surface area contributed by atoms with E-state index in [0.717, 1.165) is 43.0 Å². The lowest BCUT2D eigenvalue weighted by Crippen LogP contribution is -2.00. The van der Waals surface area contributed by atoms with Gasteiger partial charge in [0.1, 0.15) is 12.6 Å². The fourth-order valence-corrected chi connectivity index (χ4v) is 1.88. The van der Waals surface area contributed by atoms with Crippen molar-refractivity contribution in [1.82, 2.24) is 0 Å². The molecule has 0 aliphatic heterocycles. The number of aldehydes is 2. The van der Waals surface area contributed by atoms with Crippen LogP contribution in [0.4, 0.5) is 0 Å². The zero-order valence-corrected chi connectivity index (χ0v) is 9.25. The van der Waals surface area contributed by atoms with E-state index in [1.165, 1.54) is 0 Å². The van der Waals surface area contributed by atoms with Gasteiger partial charge in [-0.2, -0.15) is 0 Å². The van der Waals surface area contributed by atoms with Crippen LogP contribution in [0.3, 0.4) is 0 Å². The van der Waals surface area contributed by atoms with Crippen molar-refractivity contribution in [1.29, 1.82) is 0 Å². The second-order valence-electron chi connectivity index (χ2n) is 3.59. The molecule has 1 rings (SSSR count). The highest BCUT2D eigenvalue weighted by molar-refractivity contribution is 5.84. The third-order valence-corrected chi connectivity index (χ3v) is 2.54. The molecule has 0 aliphatic rings. The van der Waals surface area contributed by atoms with Gasteiger partial charge in [-0.3, -0.25) is 9.59 Å². The molecule has 0 amide bonds. The summed E-state index contributed by atoms with van der Waals surface area (Å²) in [5.74, 6) is 0. The molecule has 0 saturated carbocycles. The van der Waals surface area contributed by atoms with E-state index in [0.29, 0.717) is 11.1 Å². The van der Waals surface area contributed by atoms with Crippen molar-refractivity contribution in [3.8, 4) is 0 Å². The fraction of sp³-hybridized carbons (Fsp3) is 0.385. The summed E-state index contributed by atoms with van der Waals surface area (Å²) in [6.07, 6.45) is 4.42. The van der Waals surface area contributed by atoms with E-state index in [9.17, 15) is 9.59 Å². The van der Waals surface area contributed by atoms with Crippen LogP contribution >= 0.6 is 0 Å². The quantitative estimate of drug-likeness (QED) is 0.691. The number of rotatable bonds is 5. The molecule has 0 saturated heterocycles. The molecule has 2 heteroatoms. The van der Waals surface area contributed by atoms with E-state index in [-0.39, 0.29) is 0 Å². The molecule has 0 atom stereocenters. The standard InChI is InChI=1S/C13H16O2/c1-3-5-11-6-10(8-14)7-12(9-15)13(11)4-2/h6-9H,3-5H2,1-2H3. The van der Waals surface area contributed by atoms with Crippen molar-refractivity contribution in [3.05, 3.63) is 34.4 Å². The van der Waals surface area contributed by atoms with E-state index in [2.05, 4.69) is 6.92 Å². The monoisotopic (exact) mass is 204 g/mol. The van der Waals surface area contributed by atoms with Gasteiger partial charge in [-0.15, -0.1) is 0 Å². The van der Waals surface area contributed by atoms with E-state index in [1.807, 2.05) is 13.0 Å². The largest absolute Gasteiger partial charge is 0.298 e. The number of carbonyl (C=O) groups excluding carboxylic acids is 2. The molecule has 0 bridgehead atoms. The predicted molar refractivity (Wildman–Crippen MR) is 60.6 cm³/mol. The topological polar surface area (TPSA) is 34.1 Å². The van der Waals surface area contributed by atoms with Crippen LogP contribution in [0.5, 0.6) is 0 Å². The average molecular weight is 204 g/mol. The second kappa shape index (κ2) is 5.44. The van der Waals surface area contributed by atoms with Gasteiger partial charge in [0.05, 0.1) is 0 Å². The van der Waals surface area contributed by atoms with Gasteiger partial charge in [-0.25, -0.2) is 0 Å². The summed E-state index contributed by atoms with van der Waals surface area (Å²) < 4.78 is 0. The van der Waals surface area contributed by atoms with Gasteiger partial charge in [0.15, 0.2) is 0 Å². The highest BCUT2D eigenvalue weighted by Crippen LogP contribution is 2.18. The first-order valence-corrected chi connectivity index (χ1v) is 5.32. The maximum atomic E-state index is 10.9. The van der Waals surface area contributed by atoms with Gasteiger partial charge in [0.25, 0.3) is 0 Å². The lowest BCUT2D eigenvalue weighted by atomic mass is 9.94. The Morgan fingerprint density at radius 2 is 1.87 bits per heavy atom. The Bertz CT molecular complexity index is 367. The van der Waals surface area contributed by atoms with Gasteiger partial charge in [0.2, 0.25) is 0 Å². The molecule has 2 nitrogen and oxygen atoms in total. The van der Waals surface area contributed by atoms with E-state index >= 15 is 0 Å². The van der Waals surface area contributed by atoms with Gasteiger partial charge in [-0.1, -0.05) is 20.3 Å². The summed E-state index contributed by atoms with van der Waals surface area (Å²) in [6, 6.07) is 3.56. The molecule has 1 aromatic rings. The van der Waals surface area contributed by atoms with Crippen LogP contribution in [-0.4, -0.2) is 12.6 Å². The van der Waals surface area contributed by atoms with Crippen molar-refractivity contribution < 1.29 is 9.59 Å².